The highest BCUT2D eigenvalue weighted by molar-refractivity contribution is 5.55. The minimum absolute atomic E-state index is 0.342. The zero-order valence-electron chi connectivity index (χ0n) is 16.2. The summed E-state index contributed by atoms with van der Waals surface area (Å²) < 4.78 is 41.3. The maximum atomic E-state index is 13.2. The highest BCUT2D eigenvalue weighted by Gasteiger charge is 2.32. The van der Waals surface area contributed by atoms with Gasteiger partial charge in [-0.3, -0.25) is 0 Å². The van der Waals surface area contributed by atoms with E-state index in [1.165, 1.54) is 17.7 Å². The zero-order valence-corrected chi connectivity index (χ0v) is 16.2. The Balaban J connectivity index is 1.77. The summed E-state index contributed by atoms with van der Waals surface area (Å²) in [4.78, 5) is 2.44. The van der Waals surface area contributed by atoms with Gasteiger partial charge >= 0.3 is 6.18 Å². The number of fused-ring (bicyclic) bond motifs is 1. The van der Waals surface area contributed by atoms with Gasteiger partial charge in [0.05, 0.1) is 16.9 Å². The molecular weight excluding hydrogens is 365 g/mol. The van der Waals surface area contributed by atoms with Gasteiger partial charge in [-0.2, -0.15) is 18.3 Å². The van der Waals surface area contributed by atoms with E-state index < -0.39 is 11.7 Å². The molecule has 4 rings (SSSR count). The second-order valence-corrected chi connectivity index (χ2v) is 7.79. The standard InChI is InChI=1S/C21H27F3N4/c1-2-27-12-6-7-15(14-27)19-18-10-3-4-11-25-20(18)28(26-19)17-9-5-8-16(13-17)21(22,23)24/h5,8-9,13,15,25H,2-4,6-7,10-12,14H2,1H3. The van der Waals surface area contributed by atoms with Crippen molar-refractivity contribution in [1.82, 2.24) is 14.7 Å². The van der Waals surface area contributed by atoms with Crippen molar-refractivity contribution >= 4 is 5.82 Å². The molecule has 1 saturated heterocycles. The molecule has 0 aliphatic carbocycles. The normalized spacial score (nSPS) is 21.1. The molecule has 3 heterocycles. The maximum absolute atomic E-state index is 13.2. The van der Waals surface area contributed by atoms with Crippen LogP contribution in [0.3, 0.4) is 0 Å². The molecule has 2 aliphatic heterocycles. The Hall–Kier alpha value is -2.02. The lowest BCUT2D eigenvalue weighted by molar-refractivity contribution is -0.137. The van der Waals surface area contributed by atoms with Crippen molar-refractivity contribution in [2.45, 2.75) is 51.1 Å². The van der Waals surface area contributed by atoms with Gasteiger partial charge in [-0.15, -0.1) is 0 Å². The molecule has 1 atom stereocenters. The molecule has 2 aliphatic rings. The lowest BCUT2D eigenvalue weighted by Gasteiger charge is -2.31. The number of likely N-dealkylation sites (tertiary alicyclic amines) is 1. The van der Waals surface area contributed by atoms with E-state index in [4.69, 9.17) is 5.10 Å². The number of alkyl halides is 3. The Bertz CT molecular complexity index is 828. The summed E-state index contributed by atoms with van der Waals surface area (Å²) in [6, 6.07) is 5.48. The van der Waals surface area contributed by atoms with Crippen LogP contribution in [0.5, 0.6) is 0 Å². The number of anilines is 1. The van der Waals surface area contributed by atoms with Crippen molar-refractivity contribution in [2.24, 2.45) is 0 Å². The smallest absolute Gasteiger partial charge is 0.370 e. The molecule has 28 heavy (non-hydrogen) atoms. The van der Waals surface area contributed by atoms with E-state index in [1.54, 1.807) is 10.7 Å². The molecule has 1 aromatic carbocycles. The molecule has 152 valence electrons. The highest BCUT2D eigenvalue weighted by Crippen LogP contribution is 2.37. The van der Waals surface area contributed by atoms with Gasteiger partial charge < -0.3 is 10.2 Å². The monoisotopic (exact) mass is 392 g/mol. The lowest BCUT2D eigenvalue weighted by atomic mass is 9.91. The topological polar surface area (TPSA) is 33.1 Å². The summed E-state index contributed by atoms with van der Waals surface area (Å²) in [5.41, 5.74) is 2.09. The molecule has 0 bridgehead atoms. The van der Waals surface area contributed by atoms with Gasteiger partial charge in [0, 0.05) is 24.6 Å². The molecule has 7 heteroatoms. The summed E-state index contributed by atoms with van der Waals surface area (Å²) >= 11 is 0. The number of likely N-dealkylation sites (N-methyl/N-ethyl adjacent to an activating group) is 1. The molecule has 0 radical (unpaired) electrons. The number of nitrogens with one attached hydrogen (secondary N) is 1. The number of rotatable bonds is 3. The van der Waals surface area contributed by atoms with Gasteiger partial charge in [0.1, 0.15) is 5.82 Å². The molecule has 0 saturated carbocycles. The largest absolute Gasteiger partial charge is 0.416 e. The van der Waals surface area contributed by atoms with Crippen molar-refractivity contribution in [2.75, 3.05) is 31.5 Å². The van der Waals surface area contributed by atoms with Crippen molar-refractivity contribution in [3.05, 3.63) is 41.1 Å². The summed E-state index contributed by atoms with van der Waals surface area (Å²) in [7, 11) is 0. The third-order valence-electron chi connectivity index (χ3n) is 5.92. The minimum atomic E-state index is -4.36. The van der Waals surface area contributed by atoms with Crippen LogP contribution >= 0.6 is 0 Å². The van der Waals surface area contributed by atoms with Gasteiger partial charge in [0.2, 0.25) is 0 Å². The highest BCUT2D eigenvalue weighted by atomic mass is 19.4. The fraction of sp³-hybridized carbons (Fsp3) is 0.571. The molecular formula is C21H27F3N4. The summed E-state index contributed by atoms with van der Waals surface area (Å²) in [6.07, 6.45) is 0.925. The van der Waals surface area contributed by atoms with Crippen LogP contribution in [0, 0.1) is 0 Å². The number of benzene rings is 1. The molecule has 0 amide bonds. The van der Waals surface area contributed by atoms with E-state index in [9.17, 15) is 13.2 Å². The zero-order chi connectivity index (χ0) is 19.7. The molecule has 1 N–H and O–H groups in total. The van der Waals surface area contributed by atoms with E-state index in [-0.39, 0.29) is 0 Å². The van der Waals surface area contributed by atoms with Crippen LogP contribution in [0.15, 0.2) is 24.3 Å². The average Bonchev–Trinajstić information content (AvgIpc) is 2.88. The minimum Gasteiger partial charge on any atom is -0.370 e. The van der Waals surface area contributed by atoms with Crippen molar-refractivity contribution in [3.8, 4) is 5.69 Å². The van der Waals surface area contributed by atoms with Gasteiger partial charge in [0.25, 0.3) is 0 Å². The first-order valence-corrected chi connectivity index (χ1v) is 10.2. The Morgan fingerprint density at radius 1 is 1.21 bits per heavy atom. The SMILES string of the molecule is CCN1CCCC(c2nn(-c3cccc(C(F)(F)F)c3)c3c2CCCCN3)C1. The van der Waals surface area contributed by atoms with Crippen molar-refractivity contribution in [1.29, 1.82) is 0 Å². The predicted molar refractivity (Wildman–Crippen MR) is 104 cm³/mol. The quantitative estimate of drug-likeness (QED) is 0.812. The van der Waals surface area contributed by atoms with Crippen LogP contribution in [0.25, 0.3) is 5.69 Å². The first kappa shape index (κ1) is 19.3. The van der Waals surface area contributed by atoms with Gasteiger partial charge in [-0.1, -0.05) is 13.0 Å². The first-order chi connectivity index (χ1) is 13.5. The van der Waals surface area contributed by atoms with Gasteiger partial charge in [-0.05, 0) is 63.4 Å². The predicted octanol–water partition coefficient (Wildman–Crippen LogP) is 4.84. The van der Waals surface area contributed by atoms with Crippen LogP contribution in [-0.2, 0) is 12.6 Å². The van der Waals surface area contributed by atoms with E-state index in [0.29, 0.717) is 11.6 Å². The van der Waals surface area contributed by atoms with E-state index >= 15 is 0 Å². The molecule has 2 aromatic rings. The van der Waals surface area contributed by atoms with Gasteiger partial charge in [0.15, 0.2) is 0 Å². The molecule has 4 nitrogen and oxygen atoms in total. The third-order valence-corrected chi connectivity index (χ3v) is 5.92. The Labute approximate surface area is 163 Å². The summed E-state index contributed by atoms with van der Waals surface area (Å²) in [6.45, 7) is 6.10. The van der Waals surface area contributed by atoms with E-state index in [2.05, 4.69) is 17.1 Å². The van der Waals surface area contributed by atoms with Gasteiger partial charge in [-0.25, -0.2) is 4.68 Å². The molecule has 1 aromatic heterocycles. The van der Waals surface area contributed by atoms with Crippen molar-refractivity contribution < 1.29 is 13.2 Å². The number of hydrogen-bond acceptors (Lipinski definition) is 3. The lowest BCUT2D eigenvalue weighted by Crippen LogP contribution is -2.34. The fourth-order valence-electron chi connectivity index (χ4n) is 4.42. The first-order valence-electron chi connectivity index (χ1n) is 10.2. The second kappa shape index (κ2) is 7.78. The fourth-order valence-corrected chi connectivity index (χ4v) is 4.42. The number of piperidine rings is 1. The number of hydrogen-bond donors (Lipinski definition) is 1. The Morgan fingerprint density at radius 2 is 2.07 bits per heavy atom. The van der Waals surface area contributed by atoms with E-state index in [1.807, 2.05) is 0 Å². The van der Waals surface area contributed by atoms with Crippen LogP contribution in [-0.4, -0.2) is 40.9 Å². The van der Waals surface area contributed by atoms with Crippen LogP contribution in [0.2, 0.25) is 0 Å². The van der Waals surface area contributed by atoms with Crippen LogP contribution < -0.4 is 5.32 Å². The Morgan fingerprint density at radius 3 is 2.86 bits per heavy atom. The van der Waals surface area contributed by atoms with Crippen molar-refractivity contribution in [3.63, 3.8) is 0 Å². The summed E-state index contributed by atoms with van der Waals surface area (Å²) in [5.74, 6) is 1.22. The average molecular weight is 392 g/mol. The molecule has 1 unspecified atom stereocenters. The van der Waals surface area contributed by atoms with Crippen LogP contribution in [0.4, 0.5) is 19.0 Å². The number of nitrogens with zero attached hydrogens (tertiary/aromatic N) is 3. The number of aromatic nitrogens is 2. The van der Waals surface area contributed by atoms with E-state index in [0.717, 1.165) is 75.9 Å². The molecule has 0 spiro atoms. The maximum Gasteiger partial charge on any atom is 0.416 e. The second-order valence-electron chi connectivity index (χ2n) is 7.79. The third kappa shape index (κ3) is 3.77. The summed E-state index contributed by atoms with van der Waals surface area (Å²) in [5, 5.41) is 8.32. The molecule has 1 fully saturated rings. The number of halogens is 3. The Kier molecular flexibility index (Phi) is 5.36. The van der Waals surface area contributed by atoms with Crippen LogP contribution in [0.1, 0.15) is 55.3 Å².